The fourth-order valence-corrected chi connectivity index (χ4v) is 2.03. The van der Waals surface area contributed by atoms with Crippen molar-refractivity contribution in [3.05, 3.63) is 10.5 Å². The van der Waals surface area contributed by atoms with Gasteiger partial charge in [0, 0.05) is 12.8 Å². The Labute approximate surface area is 96.6 Å². The molecular formula is C8H15N5O2S. The van der Waals surface area contributed by atoms with Crippen molar-refractivity contribution in [1.29, 1.82) is 0 Å². The number of carbonyl (C=O) groups excluding carboxylic acids is 1. The summed E-state index contributed by atoms with van der Waals surface area (Å²) in [6.45, 7) is 1.58. The molecule has 0 aliphatic carbocycles. The standard InChI is InChI=1S/C8H15N5O2S/c1-8(10,5(9)14)3-4-16-7-12-11-6(15)13(7)2/h3-4,10H2,1-2H3,(H2,9,14)(H,11,15). The first-order valence-corrected chi connectivity index (χ1v) is 5.66. The van der Waals surface area contributed by atoms with E-state index in [1.165, 1.54) is 16.3 Å². The molecule has 0 aromatic carbocycles. The minimum atomic E-state index is -1.03. The van der Waals surface area contributed by atoms with Gasteiger partial charge in [0.15, 0.2) is 5.16 Å². The van der Waals surface area contributed by atoms with Crippen LogP contribution in [0.5, 0.6) is 0 Å². The molecule has 0 saturated heterocycles. The van der Waals surface area contributed by atoms with Gasteiger partial charge in [0.25, 0.3) is 0 Å². The number of nitrogens with zero attached hydrogens (tertiary/aromatic N) is 2. The monoisotopic (exact) mass is 245 g/mol. The van der Waals surface area contributed by atoms with Gasteiger partial charge >= 0.3 is 5.69 Å². The number of carbonyl (C=O) groups is 1. The van der Waals surface area contributed by atoms with E-state index < -0.39 is 11.4 Å². The second-order valence-corrected chi connectivity index (χ2v) is 4.81. The minimum absolute atomic E-state index is 0.270. The van der Waals surface area contributed by atoms with E-state index in [-0.39, 0.29) is 5.69 Å². The Hall–Kier alpha value is -1.28. The first-order valence-electron chi connectivity index (χ1n) is 4.67. The first-order chi connectivity index (χ1) is 7.34. The maximum atomic E-state index is 11.0. The predicted molar refractivity (Wildman–Crippen MR) is 61.0 cm³/mol. The number of H-pyrrole nitrogens is 1. The largest absolute Gasteiger partial charge is 0.368 e. The van der Waals surface area contributed by atoms with Gasteiger partial charge < -0.3 is 11.5 Å². The van der Waals surface area contributed by atoms with E-state index in [0.717, 1.165) is 0 Å². The number of hydrogen-bond donors (Lipinski definition) is 3. The Morgan fingerprint density at radius 3 is 2.75 bits per heavy atom. The molecule has 90 valence electrons. The second-order valence-electron chi connectivity index (χ2n) is 3.75. The fraction of sp³-hybridized carbons (Fsp3) is 0.625. The van der Waals surface area contributed by atoms with Gasteiger partial charge in [0.1, 0.15) is 0 Å². The van der Waals surface area contributed by atoms with Crippen LogP contribution in [0.2, 0.25) is 0 Å². The molecule has 0 spiro atoms. The van der Waals surface area contributed by atoms with E-state index in [1.54, 1.807) is 14.0 Å². The molecule has 1 aromatic rings. The summed E-state index contributed by atoms with van der Waals surface area (Å²) in [6, 6.07) is 0. The topological polar surface area (TPSA) is 120 Å². The second kappa shape index (κ2) is 4.71. The van der Waals surface area contributed by atoms with E-state index in [1.807, 2.05) is 0 Å². The normalized spacial score (nSPS) is 14.7. The molecule has 1 unspecified atom stereocenters. The molecule has 0 aliphatic rings. The average Bonchev–Trinajstić information content (AvgIpc) is 2.49. The Morgan fingerprint density at radius 2 is 2.31 bits per heavy atom. The van der Waals surface area contributed by atoms with E-state index in [9.17, 15) is 9.59 Å². The Morgan fingerprint density at radius 1 is 1.69 bits per heavy atom. The molecule has 7 nitrogen and oxygen atoms in total. The third kappa shape index (κ3) is 2.86. The number of primary amides is 1. The van der Waals surface area contributed by atoms with Gasteiger partial charge in [-0.25, -0.2) is 9.89 Å². The van der Waals surface area contributed by atoms with Crippen LogP contribution in [-0.2, 0) is 11.8 Å². The molecule has 1 heterocycles. The number of aromatic amines is 1. The lowest BCUT2D eigenvalue weighted by Crippen LogP contribution is -2.49. The lowest BCUT2D eigenvalue weighted by molar-refractivity contribution is -0.122. The summed E-state index contributed by atoms with van der Waals surface area (Å²) in [4.78, 5) is 22.0. The van der Waals surface area contributed by atoms with E-state index in [0.29, 0.717) is 17.3 Å². The molecule has 0 radical (unpaired) electrons. The first kappa shape index (κ1) is 12.8. The Balaban J connectivity index is 2.51. The number of nitrogens with one attached hydrogen (secondary N) is 1. The van der Waals surface area contributed by atoms with Gasteiger partial charge in [-0.2, -0.15) is 0 Å². The average molecular weight is 245 g/mol. The molecule has 8 heteroatoms. The number of nitrogens with two attached hydrogens (primary N) is 2. The number of aromatic nitrogens is 3. The smallest absolute Gasteiger partial charge is 0.343 e. The third-order valence-electron chi connectivity index (χ3n) is 2.25. The van der Waals surface area contributed by atoms with Crippen molar-refractivity contribution >= 4 is 17.7 Å². The maximum absolute atomic E-state index is 11.0. The third-order valence-corrected chi connectivity index (χ3v) is 3.29. The lowest BCUT2D eigenvalue weighted by Gasteiger charge is -2.19. The van der Waals surface area contributed by atoms with Crippen LogP contribution >= 0.6 is 11.8 Å². The van der Waals surface area contributed by atoms with Crippen molar-refractivity contribution in [3.63, 3.8) is 0 Å². The quantitative estimate of drug-likeness (QED) is 0.562. The van der Waals surface area contributed by atoms with Crippen molar-refractivity contribution in [3.8, 4) is 0 Å². The van der Waals surface area contributed by atoms with Crippen molar-refractivity contribution in [2.24, 2.45) is 18.5 Å². The molecule has 0 aliphatic heterocycles. The highest BCUT2D eigenvalue weighted by Gasteiger charge is 2.25. The minimum Gasteiger partial charge on any atom is -0.368 e. The molecule has 1 aromatic heterocycles. The molecule has 5 N–H and O–H groups in total. The molecule has 16 heavy (non-hydrogen) atoms. The van der Waals surface area contributed by atoms with Gasteiger partial charge in [0.05, 0.1) is 5.54 Å². The van der Waals surface area contributed by atoms with Crippen molar-refractivity contribution in [2.75, 3.05) is 5.75 Å². The van der Waals surface area contributed by atoms with Crippen LogP contribution in [0.25, 0.3) is 0 Å². The summed E-state index contributed by atoms with van der Waals surface area (Å²) in [6.07, 6.45) is 0.425. The van der Waals surface area contributed by atoms with Gasteiger partial charge in [-0.15, -0.1) is 5.10 Å². The Bertz CT molecular complexity index is 436. The molecule has 0 bridgehead atoms. The molecule has 1 atom stereocenters. The predicted octanol–water partition coefficient (Wildman–Crippen LogP) is -1.21. The SMILES string of the molecule is Cn1c(SCCC(C)(N)C(N)=O)n[nH]c1=O. The van der Waals surface area contributed by atoms with Crippen LogP contribution in [0, 0.1) is 0 Å². The van der Waals surface area contributed by atoms with Crippen LogP contribution in [0.15, 0.2) is 9.95 Å². The molecule has 0 fully saturated rings. The van der Waals surface area contributed by atoms with Crippen LogP contribution in [0.1, 0.15) is 13.3 Å². The summed E-state index contributed by atoms with van der Waals surface area (Å²) in [5, 5.41) is 6.69. The van der Waals surface area contributed by atoms with Crippen LogP contribution < -0.4 is 17.2 Å². The molecular weight excluding hydrogens is 230 g/mol. The summed E-state index contributed by atoms with van der Waals surface area (Å²) in [5.41, 5.74) is 9.52. The summed E-state index contributed by atoms with van der Waals surface area (Å²) in [7, 11) is 1.61. The van der Waals surface area contributed by atoms with E-state index >= 15 is 0 Å². The highest BCUT2D eigenvalue weighted by Crippen LogP contribution is 2.17. The van der Waals surface area contributed by atoms with E-state index in [2.05, 4.69) is 10.2 Å². The van der Waals surface area contributed by atoms with Crippen molar-refractivity contribution in [2.45, 2.75) is 24.0 Å². The van der Waals surface area contributed by atoms with Crippen LogP contribution in [0.4, 0.5) is 0 Å². The highest BCUT2D eigenvalue weighted by molar-refractivity contribution is 7.99. The van der Waals surface area contributed by atoms with E-state index in [4.69, 9.17) is 11.5 Å². The van der Waals surface area contributed by atoms with Gasteiger partial charge in [-0.3, -0.25) is 9.36 Å². The van der Waals surface area contributed by atoms with Gasteiger partial charge in [-0.1, -0.05) is 11.8 Å². The fourth-order valence-electron chi connectivity index (χ4n) is 0.939. The van der Waals surface area contributed by atoms with Crippen LogP contribution in [0.3, 0.4) is 0 Å². The zero-order chi connectivity index (χ0) is 12.3. The number of thioether (sulfide) groups is 1. The van der Waals surface area contributed by atoms with Gasteiger partial charge in [-0.05, 0) is 13.3 Å². The highest BCUT2D eigenvalue weighted by atomic mass is 32.2. The van der Waals surface area contributed by atoms with Crippen molar-refractivity contribution in [1.82, 2.24) is 14.8 Å². The number of rotatable bonds is 5. The lowest BCUT2D eigenvalue weighted by atomic mass is 10.0. The summed E-state index contributed by atoms with van der Waals surface area (Å²) in [5.74, 6) is 0.0256. The molecule has 1 amide bonds. The summed E-state index contributed by atoms with van der Waals surface area (Å²) >= 11 is 1.34. The van der Waals surface area contributed by atoms with Crippen molar-refractivity contribution < 1.29 is 4.79 Å². The summed E-state index contributed by atoms with van der Waals surface area (Å²) < 4.78 is 1.39. The molecule has 1 rings (SSSR count). The van der Waals surface area contributed by atoms with Crippen LogP contribution in [-0.4, -0.2) is 32.0 Å². The molecule has 0 saturated carbocycles. The number of hydrogen-bond acceptors (Lipinski definition) is 5. The zero-order valence-electron chi connectivity index (χ0n) is 9.19. The Kier molecular flexibility index (Phi) is 3.76. The zero-order valence-corrected chi connectivity index (χ0v) is 10.0. The maximum Gasteiger partial charge on any atom is 0.343 e. The van der Waals surface area contributed by atoms with Gasteiger partial charge in [0.2, 0.25) is 5.91 Å². The number of amides is 1.